The van der Waals surface area contributed by atoms with Crippen LogP contribution in [0.1, 0.15) is 25.7 Å². The van der Waals surface area contributed by atoms with Gasteiger partial charge in [0, 0.05) is 12.6 Å². The van der Waals surface area contributed by atoms with E-state index in [2.05, 4.69) is 18.4 Å². The Bertz CT molecular complexity index is 263. The van der Waals surface area contributed by atoms with Gasteiger partial charge in [-0.15, -0.1) is 0 Å². The maximum Gasteiger partial charge on any atom is 0.0142 e. The molecule has 0 saturated carbocycles. The van der Waals surface area contributed by atoms with Gasteiger partial charge in [-0.25, -0.2) is 0 Å². The number of nitrogens with one attached hydrogen (secondary N) is 1. The second-order valence-corrected chi connectivity index (χ2v) is 4.03. The van der Waals surface area contributed by atoms with Gasteiger partial charge in [0.1, 0.15) is 0 Å². The average Bonchev–Trinajstić information content (AvgIpc) is 2.58. The molecule has 0 aromatic rings. The Hall–Kier alpha value is -0.600. The lowest BCUT2D eigenvalue weighted by atomic mass is 9.94. The van der Waals surface area contributed by atoms with Crippen molar-refractivity contribution in [3.05, 3.63) is 22.8 Å². The summed E-state index contributed by atoms with van der Waals surface area (Å²) in [6.45, 7) is 0.737. The summed E-state index contributed by atoms with van der Waals surface area (Å²) in [5.74, 6) is 0. The lowest BCUT2D eigenvalue weighted by Gasteiger charge is -2.13. The van der Waals surface area contributed by atoms with E-state index >= 15 is 0 Å². The molecule has 1 unspecified atom stereocenters. The standard InChI is InChI=1S/C11H18N2/c1-13-11-5-9-3-2-8(7-12)4-10(9)6-11/h4,11,13H,2-3,5-7,12H2,1H3. The van der Waals surface area contributed by atoms with Crippen LogP contribution in [0.25, 0.3) is 0 Å². The molecule has 0 aromatic carbocycles. The first kappa shape index (κ1) is 8.97. The molecule has 13 heavy (non-hydrogen) atoms. The van der Waals surface area contributed by atoms with Crippen LogP contribution in [0, 0.1) is 0 Å². The van der Waals surface area contributed by atoms with Gasteiger partial charge in [-0.2, -0.15) is 0 Å². The summed E-state index contributed by atoms with van der Waals surface area (Å²) < 4.78 is 0. The largest absolute Gasteiger partial charge is 0.327 e. The topological polar surface area (TPSA) is 38.0 Å². The predicted octanol–water partition coefficient (Wildman–Crippen LogP) is 1.34. The monoisotopic (exact) mass is 178 g/mol. The summed E-state index contributed by atoms with van der Waals surface area (Å²) >= 11 is 0. The zero-order valence-corrected chi connectivity index (χ0v) is 8.27. The van der Waals surface area contributed by atoms with Crippen molar-refractivity contribution in [2.45, 2.75) is 31.7 Å². The van der Waals surface area contributed by atoms with Gasteiger partial charge in [0.25, 0.3) is 0 Å². The number of rotatable bonds is 2. The molecule has 0 amide bonds. The molecule has 2 rings (SSSR count). The molecule has 0 fully saturated rings. The first-order valence-electron chi connectivity index (χ1n) is 5.11. The normalized spacial score (nSPS) is 27.5. The second kappa shape index (κ2) is 3.64. The Kier molecular flexibility index (Phi) is 2.51. The fourth-order valence-electron chi connectivity index (χ4n) is 2.33. The molecule has 2 aliphatic carbocycles. The molecule has 0 spiro atoms. The highest BCUT2D eigenvalue weighted by atomic mass is 14.9. The lowest BCUT2D eigenvalue weighted by Crippen LogP contribution is -2.21. The Morgan fingerprint density at radius 1 is 1.46 bits per heavy atom. The highest BCUT2D eigenvalue weighted by Gasteiger charge is 2.23. The van der Waals surface area contributed by atoms with Crippen molar-refractivity contribution in [3.63, 3.8) is 0 Å². The van der Waals surface area contributed by atoms with E-state index in [-0.39, 0.29) is 0 Å². The summed E-state index contributed by atoms with van der Waals surface area (Å²) in [6.07, 6.45) is 7.22. The zero-order valence-electron chi connectivity index (χ0n) is 8.27. The summed E-state index contributed by atoms with van der Waals surface area (Å²) in [6, 6.07) is 0.679. The third-order valence-electron chi connectivity index (χ3n) is 3.21. The Morgan fingerprint density at radius 3 is 3.00 bits per heavy atom. The summed E-state index contributed by atoms with van der Waals surface area (Å²) in [5, 5.41) is 3.35. The highest BCUT2D eigenvalue weighted by molar-refractivity contribution is 5.38. The van der Waals surface area contributed by atoms with Crippen molar-refractivity contribution in [2.24, 2.45) is 5.73 Å². The molecule has 2 nitrogen and oxygen atoms in total. The van der Waals surface area contributed by atoms with E-state index in [9.17, 15) is 0 Å². The van der Waals surface area contributed by atoms with Crippen molar-refractivity contribution in [3.8, 4) is 0 Å². The SMILES string of the molecule is CNC1CC2=C(CCC(CN)=C2)C1. The van der Waals surface area contributed by atoms with Gasteiger partial charge in [-0.05, 0) is 38.3 Å². The van der Waals surface area contributed by atoms with E-state index in [0.717, 1.165) is 6.54 Å². The first-order chi connectivity index (χ1) is 6.33. The Labute approximate surface area is 79.9 Å². The van der Waals surface area contributed by atoms with Crippen molar-refractivity contribution >= 4 is 0 Å². The smallest absolute Gasteiger partial charge is 0.0142 e. The molecule has 0 saturated heterocycles. The van der Waals surface area contributed by atoms with Gasteiger partial charge in [0.2, 0.25) is 0 Å². The van der Waals surface area contributed by atoms with Crippen LogP contribution in [0.4, 0.5) is 0 Å². The Morgan fingerprint density at radius 2 is 2.31 bits per heavy atom. The van der Waals surface area contributed by atoms with Crippen molar-refractivity contribution < 1.29 is 0 Å². The van der Waals surface area contributed by atoms with E-state index in [4.69, 9.17) is 5.73 Å². The number of hydrogen-bond acceptors (Lipinski definition) is 2. The van der Waals surface area contributed by atoms with Crippen LogP contribution < -0.4 is 11.1 Å². The molecule has 0 bridgehead atoms. The minimum Gasteiger partial charge on any atom is -0.327 e. The van der Waals surface area contributed by atoms with Gasteiger partial charge in [-0.3, -0.25) is 0 Å². The fourth-order valence-corrected chi connectivity index (χ4v) is 2.33. The predicted molar refractivity (Wildman–Crippen MR) is 55.5 cm³/mol. The van der Waals surface area contributed by atoms with Crippen LogP contribution in [-0.4, -0.2) is 19.6 Å². The summed E-state index contributed by atoms with van der Waals surface area (Å²) in [7, 11) is 2.05. The van der Waals surface area contributed by atoms with Crippen molar-refractivity contribution in [1.82, 2.24) is 5.32 Å². The van der Waals surface area contributed by atoms with Gasteiger partial charge < -0.3 is 11.1 Å². The van der Waals surface area contributed by atoms with Crippen molar-refractivity contribution in [1.29, 1.82) is 0 Å². The Balaban J connectivity index is 2.11. The molecule has 3 N–H and O–H groups in total. The maximum absolute atomic E-state index is 5.65. The second-order valence-electron chi connectivity index (χ2n) is 4.03. The summed E-state index contributed by atoms with van der Waals surface area (Å²) in [5.41, 5.74) is 10.3. The van der Waals surface area contributed by atoms with E-state index in [1.165, 1.54) is 31.3 Å². The molecule has 0 heterocycles. The van der Waals surface area contributed by atoms with E-state index < -0.39 is 0 Å². The molecule has 0 aromatic heterocycles. The molecule has 2 heteroatoms. The van der Waals surface area contributed by atoms with Gasteiger partial charge >= 0.3 is 0 Å². The zero-order chi connectivity index (χ0) is 9.26. The molecular formula is C11H18N2. The van der Waals surface area contributed by atoms with Crippen LogP contribution in [0.15, 0.2) is 22.8 Å². The van der Waals surface area contributed by atoms with E-state index in [1.54, 1.807) is 11.1 Å². The number of hydrogen-bond donors (Lipinski definition) is 2. The van der Waals surface area contributed by atoms with Crippen LogP contribution in [-0.2, 0) is 0 Å². The van der Waals surface area contributed by atoms with Crippen molar-refractivity contribution in [2.75, 3.05) is 13.6 Å². The van der Waals surface area contributed by atoms with Crippen LogP contribution in [0.5, 0.6) is 0 Å². The van der Waals surface area contributed by atoms with E-state index in [0.29, 0.717) is 6.04 Å². The molecule has 1 atom stereocenters. The highest BCUT2D eigenvalue weighted by Crippen LogP contribution is 2.35. The van der Waals surface area contributed by atoms with E-state index in [1.807, 2.05) is 0 Å². The third kappa shape index (κ3) is 1.69. The van der Waals surface area contributed by atoms with Gasteiger partial charge in [0.15, 0.2) is 0 Å². The fraction of sp³-hybridized carbons (Fsp3) is 0.636. The quantitative estimate of drug-likeness (QED) is 0.669. The average molecular weight is 178 g/mol. The molecule has 0 aliphatic heterocycles. The summed E-state index contributed by atoms with van der Waals surface area (Å²) in [4.78, 5) is 0. The van der Waals surface area contributed by atoms with Crippen LogP contribution >= 0.6 is 0 Å². The molecular weight excluding hydrogens is 160 g/mol. The van der Waals surface area contributed by atoms with Gasteiger partial charge in [0.05, 0.1) is 0 Å². The number of allylic oxidation sites excluding steroid dienone is 1. The van der Waals surface area contributed by atoms with Crippen LogP contribution in [0.2, 0.25) is 0 Å². The molecule has 72 valence electrons. The molecule has 2 aliphatic rings. The minimum absolute atomic E-state index is 0.679. The number of nitrogens with two attached hydrogens (primary N) is 1. The first-order valence-corrected chi connectivity index (χ1v) is 5.11. The van der Waals surface area contributed by atoms with Gasteiger partial charge in [-0.1, -0.05) is 17.2 Å². The molecule has 0 radical (unpaired) electrons. The lowest BCUT2D eigenvalue weighted by molar-refractivity contribution is 0.586. The van der Waals surface area contributed by atoms with Crippen LogP contribution in [0.3, 0.4) is 0 Å². The minimum atomic E-state index is 0.679. The maximum atomic E-state index is 5.65. The third-order valence-corrected chi connectivity index (χ3v) is 3.21.